The first-order valence-corrected chi connectivity index (χ1v) is 7.84. The zero-order valence-electron chi connectivity index (χ0n) is 10.9. The summed E-state index contributed by atoms with van der Waals surface area (Å²) in [5.74, 6) is 1.60. The Kier molecular flexibility index (Phi) is 4.29. The molecule has 4 heteroatoms. The lowest BCUT2D eigenvalue weighted by molar-refractivity contribution is 0.470. The van der Waals surface area contributed by atoms with Gasteiger partial charge in [-0.2, -0.15) is 0 Å². The van der Waals surface area contributed by atoms with Crippen molar-refractivity contribution >= 4 is 27.5 Å². The normalized spacial score (nSPS) is 14.3. The van der Waals surface area contributed by atoms with Crippen molar-refractivity contribution in [2.75, 3.05) is 0 Å². The summed E-state index contributed by atoms with van der Waals surface area (Å²) >= 11 is 9.80. The SMILES string of the molecule is Clc1cccc(Oc2ccccc2Br)c1CNC1CC1. The van der Waals surface area contributed by atoms with Gasteiger partial charge >= 0.3 is 0 Å². The Bertz CT molecular complexity index is 613. The van der Waals surface area contributed by atoms with Gasteiger partial charge in [0.25, 0.3) is 0 Å². The lowest BCUT2D eigenvalue weighted by atomic mass is 10.2. The van der Waals surface area contributed by atoms with Gasteiger partial charge in [-0.25, -0.2) is 0 Å². The third kappa shape index (κ3) is 3.35. The van der Waals surface area contributed by atoms with E-state index in [2.05, 4.69) is 21.2 Å². The predicted molar refractivity (Wildman–Crippen MR) is 85.5 cm³/mol. The Morgan fingerprint density at radius 3 is 2.60 bits per heavy atom. The van der Waals surface area contributed by atoms with Crippen molar-refractivity contribution in [3.05, 3.63) is 57.5 Å². The molecule has 1 fully saturated rings. The molecule has 104 valence electrons. The van der Waals surface area contributed by atoms with Crippen LogP contribution in [0.15, 0.2) is 46.9 Å². The molecule has 0 radical (unpaired) electrons. The van der Waals surface area contributed by atoms with Gasteiger partial charge in [-0.3, -0.25) is 0 Å². The van der Waals surface area contributed by atoms with Crippen molar-refractivity contribution in [1.82, 2.24) is 5.32 Å². The average molecular weight is 353 g/mol. The Labute approximate surface area is 132 Å². The second-order valence-electron chi connectivity index (χ2n) is 4.90. The van der Waals surface area contributed by atoms with Crippen LogP contribution in [-0.4, -0.2) is 6.04 Å². The number of hydrogen-bond acceptors (Lipinski definition) is 2. The Morgan fingerprint density at radius 2 is 1.85 bits per heavy atom. The third-order valence-electron chi connectivity index (χ3n) is 3.28. The molecule has 1 saturated carbocycles. The van der Waals surface area contributed by atoms with Gasteiger partial charge < -0.3 is 10.1 Å². The highest BCUT2D eigenvalue weighted by Gasteiger charge is 2.21. The summed E-state index contributed by atoms with van der Waals surface area (Å²) in [4.78, 5) is 0. The summed E-state index contributed by atoms with van der Waals surface area (Å²) in [6, 6.07) is 14.2. The molecular weight excluding hydrogens is 338 g/mol. The fourth-order valence-electron chi connectivity index (χ4n) is 1.99. The number of rotatable bonds is 5. The summed E-state index contributed by atoms with van der Waals surface area (Å²) in [6.07, 6.45) is 2.51. The molecule has 1 N–H and O–H groups in total. The van der Waals surface area contributed by atoms with E-state index in [1.165, 1.54) is 12.8 Å². The van der Waals surface area contributed by atoms with Crippen LogP contribution in [-0.2, 0) is 6.54 Å². The fourth-order valence-corrected chi connectivity index (χ4v) is 2.58. The van der Waals surface area contributed by atoms with Gasteiger partial charge in [-0.05, 0) is 53.0 Å². The highest BCUT2D eigenvalue weighted by atomic mass is 79.9. The van der Waals surface area contributed by atoms with E-state index in [0.717, 1.165) is 33.1 Å². The second kappa shape index (κ2) is 6.17. The maximum atomic E-state index is 6.31. The van der Waals surface area contributed by atoms with Gasteiger partial charge in [0.1, 0.15) is 11.5 Å². The highest BCUT2D eigenvalue weighted by molar-refractivity contribution is 9.10. The van der Waals surface area contributed by atoms with E-state index in [9.17, 15) is 0 Å². The van der Waals surface area contributed by atoms with Crippen molar-refractivity contribution in [2.45, 2.75) is 25.4 Å². The largest absolute Gasteiger partial charge is 0.456 e. The minimum atomic E-state index is 0.641. The van der Waals surface area contributed by atoms with Crippen molar-refractivity contribution in [3.63, 3.8) is 0 Å². The molecule has 1 aliphatic rings. The number of halogens is 2. The third-order valence-corrected chi connectivity index (χ3v) is 4.29. The quantitative estimate of drug-likeness (QED) is 0.804. The Hall–Kier alpha value is -1.03. The number of benzene rings is 2. The zero-order chi connectivity index (χ0) is 13.9. The first kappa shape index (κ1) is 13.9. The van der Waals surface area contributed by atoms with Gasteiger partial charge in [-0.15, -0.1) is 0 Å². The fraction of sp³-hybridized carbons (Fsp3) is 0.250. The maximum Gasteiger partial charge on any atom is 0.141 e. The zero-order valence-corrected chi connectivity index (χ0v) is 13.2. The molecule has 0 amide bonds. The van der Waals surface area contributed by atoms with Crippen molar-refractivity contribution in [2.24, 2.45) is 0 Å². The Balaban J connectivity index is 1.84. The molecule has 2 aromatic rings. The van der Waals surface area contributed by atoms with Crippen LogP contribution in [0.4, 0.5) is 0 Å². The van der Waals surface area contributed by atoms with Gasteiger partial charge in [-0.1, -0.05) is 29.8 Å². The van der Waals surface area contributed by atoms with E-state index in [1.807, 2.05) is 42.5 Å². The molecule has 0 unspecified atom stereocenters. The molecule has 1 aliphatic carbocycles. The standard InChI is InChI=1S/C16H15BrClNO/c17-13-4-1-2-6-16(13)20-15-7-3-5-14(18)12(15)10-19-11-8-9-11/h1-7,11,19H,8-10H2. The topological polar surface area (TPSA) is 21.3 Å². The van der Waals surface area contributed by atoms with E-state index in [1.54, 1.807) is 0 Å². The first-order valence-electron chi connectivity index (χ1n) is 6.67. The van der Waals surface area contributed by atoms with Crippen molar-refractivity contribution in [3.8, 4) is 11.5 Å². The molecular formula is C16H15BrClNO. The summed E-state index contributed by atoms with van der Waals surface area (Å²) in [5, 5.41) is 4.22. The van der Waals surface area contributed by atoms with Crippen molar-refractivity contribution in [1.29, 1.82) is 0 Å². The second-order valence-corrected chi connectivity index (χ2v) is 6.17. The molecule has 0 aromatic heterocycles. The van der Waals surface area contributed by atoms with Crippen LogP contribution in [0, 0.1) is 0 Å². The van der Waals surface area contributed by atoms with Crippen LogP contribution in [0.25, 0.3) is 0 Å². The minimum Gasteiger partial charge on any atom is -0.456 e. The van der Waals surface area contributed by atoms with E-state index in [0.29, 0.717) is 6.04 Å². The summed E-state index contributed by atoms with van der Waals surface area (Å²) in [7, 11) is 0. The number of ether oxygens (including phenoxy) is 1. The number of hydrogen-bond donors (Lipinski definition) is 1. The predicted octanol–water partition coefficient (Wildman–Crippen LogP) is 5.15. The molecule has 2 nitrogen and oxygen atoms in total. The monoisotopic (exact) mass is 351 g/mol. The highest BCUT2D eigenvalue weighted by Crippen LogP contribution is 2.34. The number of para-hydroxylation sites is 1. The van der Waals surface area contributed by atoms with Crippen LogP contribution in [0.3, 0.4) is 0 Å². The van der Waals surface area contributed by atoms with Crippen LogP contribution in [0.2, 0.25) is 5.02 Å². The molecule has 2 aromatic carbocycles. The summed E-state index contributed by atoms with van der Waals surface area (Å²) in [6.45, 7) is 0.740. The van der Waals surface area contributed by atoms with Crippen LogP contribution >= 0.6 is 27.5 Å². The van der Waals surface area contributed by atoms with Crippen LogP contribution < -0.4 is 10.1 Å². The molecule has 0 saturated heterocycles. The summed E-state index contributed by atoms with van der Waals surface area (Å²) < 4.78 is 6.93. The molecule has 0 bridgehead atoms. The smallest absolute Gasteiger partial charge is 0.141 e. The van der Waals surface area contributed by atoms with Crippen LogP contribution in [0.5, 0.6) is 11.5 Å². The number of nitrogens with one attached hydrogen (secondary N) is 1. The van der Waals surface area contributed by atoms with E-state index in [4.69, 9.17) is 16.3 Å². The van der Waals surface area contributed by atoms with E-state index in [-0.39, 0.29) is 0 Å². The lowest BCUT2D eigenvalue weighted by Gasteiger charge is -2.14. The molecule has 20 heavy (non-hydrogen) atoms. The average Bonchev–Trinajstić information content (AvgIpc) is 3.25. The minimum absolute atomic E-state index is 0.641. The Morgan fingerprint density at radius 1 is 1.10 bits per heavy atom. The summed E-state index contributed by atoms with van der Waals surface area (Å²) in [5.41, 5.74) is 1.01. The lowest BCUT2D eigenvalue weighted by Crippen LogP contribution is -2.16. The molecule has 0 spiro atoms. The van der Waals surface area contributed by atoms with Gasteiger partial charge in [0.2, 0.25) is 0 Å². The van der Waals surface area contributed by atoms with Crippen molar-refractivity contribution < 1.29 is 4.74 Å². The maximum absolute atomic E-state index is 6.31. The van der Waals surface area contributed by atoms with Gasteiger partial charge in [0, 0.05) is 23.2 Å². The molecule has 0 heterocycles. The van der Waals surface area contributed by atoms with Gasteiger partial charge in [0.15, 0.2) is 0 Å². The first-order chi connectivity index (χ1) is 9.74. The molecule has 0 atom stereocenters. The van der Waals surface area contributed by atoms with E-state index >= 15 is 0 Å². The molecule has 0 aliphatic heterocycles. The van der Waals surface area contributed by atoms with E-state index < -0.39 is 0 Å². The van der Waals surface area contributed by atoms with Crippen LogP contribution in [0.1, 0.15) is 18.4 Å². The van der Waals surface area contributed by atoms with Gasteiger partial charge in [0.05, 0.1) is 4.47 Å². The molecule has 3 rings (SSSR count).